The molecule has 0 spiro atoms. The van der Waals surface area contributed by atoms with Crippen LogP contribution in [0.15, 0.2) is 6.20 Å². The summed E-state index contributed by atoms with van der Waals surface area (Å²) in [4.78, 5) is 21.7. The van der Waals surface area contributed by atoms with Crippen LogP contribution >= 0.6 is 0 Å². The predicted molar refractivity (Wildman–Crippen MR) is 52.6 cm³/mol. The molecule has 0 aliphatic heterocycles. The highest BCUT2D eigenvalue weighted by Crippen LogP contribution is 2.07. The van der Waals surface area contributed by atoms with Crippen molar-refractivity contribution in [2.24, 2.45) is 0 Å². The number of hydrogen-bond acceptors (Lipinski definition) is 3. The zero-order chi connectivity index (χ0) is 11.4. The fourth-order valence-electron chi connectivity index (χ4n) is 1.21. The van der Waals surface area contributed by atoms with E-state index in [1.165, 1.54) is 10.9 Å². The Hall–Kier alpha value is -1.85. The summed E-state index contributed by atoms with van der Waals surface area (Å²) < 4.78 is 1.51. The van der Waals surface area contributed by atoms with Gasteiger partial charge in [-0.3, -0.25) is 9.48 Å². The lowest BCUT2D eigenvalue weighted by molar-refractivity contribution is -0.120. The molecule has 0 aromatic carbocycles. The van der Waals surface area contributed by atoms with Gasteiger partial charge < -0.3 is 10.4 Å². The number of rotatable bonds is 4. The van der Waals surface area contributed by atoms with E-state index in [4.69, 9.17) is 5.11 Å². The highest BCUT2D eigenvalue weighted by Gasteiger charge is 2.12. The predicted octanol–water partition coefficient (Wildman–Crippen LogP) is 0.0258. The summed E-state index contributed by atoms with van der Waals surface area (Å²) in [6, 6.07) is 0. The van der Waals surface area contributed by atoms with Crippen LogP contribution in [0.25, 0.3) is 0 Å². The van der Waals surface area contributed by atoms with Crippen LogP contribution in [0.1, 0.15) is 22.5 Å². The maximum atomic E-state index is 11.0. The Balaban J connectivity index is 2.71. The van der Waals surface area contributed by atoms with Crippen molar-refractivity contribution in [3.8, 4) is 0 Å². The van der Waals surface area contributed by atoms with E-state index in [0.717, 1.165) is 0 Å². The monoisotopic (exact) mass is 211 g/mol. The summed E-state index contributed by atoms with van der Waals surface area (Å²) in [5, 5.41) is 15.2. The van der Waals surface area contributed by atoms with Crippen LogP contribution < -0.4 is 5.32 Å². The molecular formula is C9H13N3O3. The topological polar surface area (TPSA) is 84.2 Å². The fourth-order valence-corrected chi connectivity index (χ4v) is 1.21. The molecule has 1 rings (SSSR count). The van der Waals surface area contributed by atoms with Crippen LogP contribution in [0.4, 0.5) is 0 Å². The van der Waals surface area contributed by atoms with Gasteiger partial charge in [-0.05, 0) is 6.92 Å². The fraction of sp³-hybridized carbons (Fsp3) is 0.444. The number of nitrogens with one attached hydrogen (secondary N) is 1. The number of aryl methyl sites for hydroxylation is 1. The first kappa shape index (κ1) is 11.2. The average molecular weight is 211 g/mol. The number of carbonyl (C=O) groups excluding carboxylic acids is 1. The number of amides is 1. The van der Waals surface area contributed by atoms with Crippen molar-refractivity contribution in [2.45, 2.75) is 19.9 Å². The summed E-state index contributed by atoms with van der Waals surface area (Å²) in [6.07, 6.45) is 1.58. The van der Waals surface area contributed by atoms with Gasteiger partial charge in [0.15, 0.2) is 0 Å². The highest BCUT2D eigenvalue weighted by molar-refractivity contribution is 5.88. The smallest absolute Gasteiger partial charge is 0.339 e. The van der Waals surface area contributed by atoms with Crippen molar-refractivity contribution in [3.63, 3.8) is 0 Å². The van der Waals surface area contributed by atoms with Crippen LogP contribution in [-0.2, 0) is 11.3 Å². The molecule has 6 heteroatoms. The van der Waals surface area contributed by atoms with Crippen molar-refractivity contribution in [1.29, 1.82) is 0 Å². The summed E-state index contributed by atoms with van der Waals surface area (Å²) in [5.74, 6) is -1.10. The first-order valence-electron chi connectivity index (χ1n) is 4.52. The summed E-state index contributed by atoms with van der Waals surface area (Å²) in [6.45, 7) is 2.05. The van der Waals surface area contributed by atoms with Gasteiger partial charge >= 0.3 is 5.97 Å². The lowest BCUT2D eigenvalue weighted by Gasteiger charge is -2.03. The van der Waals surface area contributed by atoms with E-state index in [-0.39, 0.29) is 17.9 Å². The van der Waals surface area contributed by atoms with Gasteiger partial charge in [-0.1, -0.05) is 0 Å². The van der Waals surface area contributed by atoms with E-state index >= 15 is 0 Å². The van der Waals surface area contributed by atoms with Crippen LogP contribution in [0.5, 0.6) is 0 Å². The Morgan fingerprint density at radius 3 is 2.73 bits per heavy atom. The van der Waals surface area contributed by atoms with Gasteiger partial charge in [0.1, 0.15) is 5.56 Å². The zero-order valence-corrected chi connectivity index (χ0v) is 8.65. The largest absolute Gasteiger partial charge is 0.478 e. The van der Waals surface area contributed by atoms with E-state index in [0.29, 0.717) is 12.2 Å². The molecular weight excluding hydrogens is 198 g/mol. The van der Waals surface area contributed by atoms with Gasteiger partial charge in [-0.15, -0.1) is 0 Å². The van der Waals surface area contributed by atoms with E-state index in [1.54, 1.807) is 14.0 Å². The quantitative estimate of drug-likeness (QED) is 0.735. The molecule has 1 aromatic heterocycles. The summed E-state index contributed by atoms with van der Waals surface area (Å²) in [5.41, 5.74) is 0.735. The second kappa shape index (κ2) is 4.59. The van der Waals surface area contributed by atoms with Crippen molar-refractivity contribution in [3.05, 3.63) is 17.5 Å². The number of nitrogens with zero attached hydrogens (tertiary/aromatic N) is 2. The van der Waals surface area contributed by atoms with Gasteiger partial charge in [0, 0.05) is 25.7 Å². The minimum atomic E-state index is -1.00. The molecule has 0 unspecified atom stereocenters. The zero-order valence-electron chi connectivity index (χ0n) is 8.65. The molecule has 1 heterocycles. The van der Waals surface area contributed by atoms with Crippen molar-refractivity contribution in [2.75, 3.05) is 7.05 Å². The highest BCUT2D eigenvalue weighted by atomic mass is 16.4. The molecule has 0 fully saturated rings. The van der Waals surface area contributed by atoms with E-state index in [2.05, 4.69) is 10.4 Å². The molecule has 15 heavy (non-hydrogen) atoms. The molecule has 82 valence electrons. The molecule has 0 saturated carbocycles. The maximum Gasteiger partial charge on any atom is 0.339 e. The third kappa shape index (κ3) is 2.55. The third-order valence-electron chi connectivity index (χ3n) is 2.16. The minimum absolute atomic E-state index is 0.0956. The van der Waals surface area contributed by atoms with Gasteiger partial charge in [0.25, 0.3) is 0 Å². The van der Waals surface area contributed by atoms with Crippen molar-refractivity contribution >= 4 is 11.9 Å². The maximum absolute atomic E-state index is 11.0. The van der Waals surface area contributed by atoms with Crippen LogP contribution in [0.3, 0.4) is 0 Å². The number of aromatic carboxylic acids is 1. The van der Waals surface area contributed by atoms with E-state index in [1.807, 2.05) is 0 Å². The number of carboxylic acid groups (broad SMARTS) is 1. The first-order valence-corrected chi connectivity index (χ1v) is 4.52. The van der Waals surface area contributed by atoms with Crippen LogP contribution in [0, 0.1) is 6.92 Å². The second-order valence-corrected chi connectivity index (χ2v) is 3.10. The van der Waals surface area contributed by atoms with Gasteiger partial charge in [-0.2, -0.15) is 5.10 Å². The molecule has 0 aliphatic rings. The van der Waals surface area contributed by atoms with Crippen LogP contribution in [-0.4, -0.2) is 33.8 Å². The van der Waals surface area contributed by atoms with Crippen molar-refractivity contribution < 1.29 is 14.7 Å². The molecule has 0 aliphatic carbocycles. The average Bonchev–Trinajstić information content (AvgIpc) is 2.56. The number of hydrogen-bond donors (Lipinski definition) is 2. The summed E-state index contributed by atoms with van der Waals surface area (Å²) >= 11 is 0. The third-order valence-corrected chi connectivity index (χ3v) is 2.16. The Bertz CT molecular complexity index is 384. The lowest BCUT2D eigenvalue weighted by atomic mass is 10.2. The Kier molecular flexibility index (Phi) is 3.43. The summed E-state index contributed by atoms with van der Waals surface area (Å²) in [7, 11) is 1.56. The molecule has 0 atom stereocenters. The van der Waals surface area contributed by atoms with Gasteiger partial charge in [0.05, 0.1) is 6.20 Å². The van der Waals surface area contributed by atoms with E-state index < -0.39 is 5.97 Å². The first-order chi connectivity index (χ1) is 7.06. The standard InChI is InChI=1S/C9H13N3O3/c1-6-7(9(14)15)5-11-12(6)4-3-8(13)10-2/h5H,3-4H2,1-2H3,(H,10,13)(H,14,15). The van der Waals surface area contributed by atoms with Crippen LogP contribution in [0.2, 0.25) is 0 Å². The molecule has 0 radical (unpaired) electrons. The Morgan fingerprint density at radius 1 is 1.60 bits per heavy atom. The second-order valence-electron chi connectivity index (χ2n) is 3.10. The Labute approximate surface area is 86.9 Å². The molecule has 6 nitrogen and oxygen atoms in total. The lowest BCUT2D eigenvalue weighted by Crippen LogP contribution is -2.20. The molecule has 0 bridgehead atoms. The Morgan fingerprint density at radius 2 is 2.27 bits per heavy atom. The minimum Gasteiger partial charge on any atom is -0.478 e. The van der Waals surface area contributed by atoms with E-state index in [9.17, 15) is 9.59 Å². The number of aromatic nitrogens is 2. The number of carbonyl (C=O) groups is 2. The SMILES string of the molecule is CNC(=O)CCn1ncc(C(=O)O)c1C. The molecule has 1 amide bonds. The normalized spacial score (nSPS) is 10.0. The van der Waals surface area contributed by atoms with Crippen molar-refractivity contribution in [1.82, 2.24) is 15.1 Å². The number of carboxylic acids is 1. The molecule has 2 N–H and O–H groups in total. The van der Waals surface area contributed by atoms with Gasteiger partial charge in [0.2, 0.25) is 5.91 Å². The van der Waals surface area contributed by atoms with Gasteiger partial charge in [-0.25, -0.2) is 4.79 Å². The molecule has 0 saturated heterocycles. The molecule has 1 aromatic rings.